The van der Waals surface area contributed by atoms with E-state index in [-0.39, 0.29) is 46.8 Å². The molecular weight excluding hydrogens is 614 g/mol. The molecule has 0 spiro atoms. The molecule has 0 unspecified atom stereocenters. The molecule has 6 rings (SSSR count). The van der Waals surface area contributed by atoms with Crippen molar-refractivity contribution in [3.8, 4) is 17.1 Å². The summed E-state index contributed by atoms with van der Waals surface area (Å²) < 4.78 is 36.2. The van der Waals surface area contributed by atoms with Gasteiger partial charge in [-0.1, -0.05) is 45.0 Å². The lowest BCUT2D eigenvalue weighted by Gasteiger charge is -2.40. The van der Waals surface area contributed by atoms with E-state index in [2.05, 4.69) is 52.3 Å². The number of amides is 1. The molecule has 11 nitrogen and oxygen atoms in total. The Hall–Kier alpha value is -4.58. The summed E-state index contributed by atoms with van der Waals surface area (Å²) in [7, 11) is -4.17. The van der Waals surface area contributed by atoms with Gasteiger partial charge >= 0.3 is 0 Å². The SMILES string of the molecule is Cc1cccc(C)c1-c1cc2nc(n1)NS(=O)(=O)c1cccc(c1)C(=O)N(Cc1nccc(N3CC[C@H]3C)n1)[C@H](CC(C)(C)C)CO2. The number of carbonyl (C=O) groups is 1. The molecule has 12 heteroatoms. The highest BCUT2D eigenvalue weighted by molar-refractivity contribution is 7.92. The number of sulfonamides is 1. The molecule has 2 aliphatic heterocycles. The zero-order valence-corrected chi connectivity index (χ0v) is 28.5. The van der Waals surface area contributed by atoms with Crippen LogP contribution in [0.15, 0.2) is 65.7 Å². The molecule has 4 aromatic rings. The van der Waals surface area contributed by atoms with E-state index in [9.17, 15) is 13.2 Å². The summed E-state index contributed by atoms with van der Waals surface area (Å²) in [4.78, 5) is 36.7. The van der Waals surface area contributed by atoms with Crippen molar-refractivity contribution >= 4 is 27.7 Å². The van der Waals surface area contributed by atoms with Gasteiger partial charge in [0.05, 0.1) is 23.2 Å². The summed E-state index contributed by atoms with van der Waals surface area (Å²) >= 11 is 0. The molecule has 0 radical (unpaired) electrons. The number of fused-ring (bicyclic) bond motifs is 4. The third kappa shape index (κ3) is 7.07. The van der Waals surface area contributed by atoms with Crippen LogP contribution >= 0.6 is 0 Å². The van der Waals surface area contributed by atoms with Crippen LogP contribution in [0.4, 0.5) is 11.8 Å². The first-order valence-corrected chi connectivity index (χ1v) is 17.4. The molecule has 2 atom stereocenters. The Bertz CT molecular complexity index is 1910. The number of aromatic nitrogens is 4. The van der Waals surface area contributed by atoms with Gasteiger partial charge in [-0.25, -0.2) is 28.1 Å². The fraction of sp³-hybridized carbons (Fsp3) is 0.400. The first-order chi connectivity index (χ1) is 22.3. The molecule has 47 heavy (non-hydrogen) atoms. The second-order valence-electron chi connectivity index (χ2n) is 13.6. The molecule has 2 aliphatic rings. The summed E-state index contributed by atoms with van der Waals surface area (Å²) in [6.07, 6.45) is 3.40. The molecule has 1 saturated heterocycles. The van der Waals surface area contributed by atoms with E-state index in [0.717, 1.165) is 35.5 Å². The number of aryl methyl sites for hydroxylation is 2. The Balaban J connectivity index is 1.47. The van der Waals surface area contributed by atoms with E-state index >= 15 is 0 Å². The van der Waals surface area contributed by atoms with E-state index < -0.39 is 16.1 Å². The smallest absolute Gasteiger partial charge is 0.264 e. The number of hydrogen-bond acceptors (Lipinski definition) is 9. The number of hydrogen-bond donors (Lipinski definition) is 1. The number of benzene rings is 2. The van der Waals surface area contributed by atoms with Crippen LogP contribution < -0.4 is 14.4 Å². The van der Waals surface area contributed by atoms with Crippen molar-refractivity contribution in [3.05, 3.63) is 83.3 Å². The predicted molar refractivity (Wildman–Crippen MR) is 181 cm³/mol. The van der Waals surface area contributed by atoms with Gasteiger partial charge in [0.1, 0.15) is 18.2 Å². The highest BCUT2D eigenvalue weighted by Gasteiger charge is 2.33. The third-order valence-corrected chi connectivity index (χ3v) is 9.97. The number of carbonyl (C=O) groups excluding carboxylic acids is 1. The maximum Gasteiger partial charge on any atom is 0.264 e. The van der Waals surface area contributed by atoms with Gasteiger partial charge in [0, 0.05) is 36.0 Å². The number of nitrogens with zero attached hydrogens (tertiary/aromatic N) is 6. The van der Waals surface area contributed by atoms with Gasteiger partial charge in [0.2, 0.25) is 11.8 Å². The molecule has 2 aromatic heterocycles. The third-order valence-electron chi connectivity index (χ3n) is 8.65. The normalized spacial score (nSPS) is 19.4. The average Bonchev–Trinajstić information content (AvgIpc) is 3.00. The highest BCUT2D eigenvalue weighted by atomic mass is 32.2. The van der Waals surface area contributed by atoms with Crippen LogP contribution in [0.1, 0.15) is 67.8 Å². The van der Waals surface area contributed by atoms with Gasteiger partial charge in [-0.2, -0.15) is 4.98 Å². The fourth-order valence-electron chi connectivity index (χ4n) is 6.18. The predicted octanol–water partition coefficient (Wildman–Crippen LogP) is 5.79. The first-order valence-electron chi connectivity index (χ1n) is 15.9. The summed E-state index contributed by atoms with van der Waals surface area (Å²) in [5.41, 5.74) is 3.38. The van der Waals surface area contributed by atoms with Crippen molar-refractivity contribution in [3.63, 3.8) is 0 Å². The van der Waals surface area contributed by atoms with Crippen molar-refractivity contribution in [1.29, 1.82) is 0 Å². The molecule has 1 N–H and O–H groups in total. The maximum absolute atomic E-state index is 14.4. The zero-order chi connectivity index (χ0) is 33.5. The number of anilines is 2. The van der Waals surface area contributed by atoms with E-state index in [0.29, 0.717) is 24.0 Å². The van der Waals surface area contributed by atoms with E-state index in [1.807, 2.05) is 38.1 Å². The van der Waals surface area contributed by atoms with Crippen LogP contribution in [0.5, 0.6) is 5.88 Å². The molecular formula is C35H41N7O4S. The minimum absolute atomic E-state index is 0.0801. The molecule has 2 aromatic carbocycles. The van der Waals surface area contributed by atoms with Crippen molar-refractivity contribution < 1.29 is 17.9 Å². The monoisotopic (exact) mass is 655 g/mol. The van der Waals surface area contributed by atoms with E-state index in [4.69, 9.17) is 9.72 Å². The Morgan fingerprint density at radius 2 is 1.74 bits per heavy atom. The van der Waals surface area contributed by atoms with Gasteiger partial charge in [0.25, 0.3) is 15.9 Å². The van der Waals surface area contributed by atoms with Gasteiger partial charge in [0.15, 0.2) is 0 Å². The summed E-state index contributed by atoms with van der Waals surface area (Å²) in [5, 5.41) is 0. The Morgan fingerprint density at radius 3 is 2.43 bits per heavy atom. The lowest BCUT2D eigenvalue weighted by molar-refractivity contribution is 0.0505. The van der Waals surface area contributed by atoms with Crippen LogP contribution in [0.3, 0.4) is 0 Å². The van der Waals surface area contributed by atoms with Crippen molar-refractivity contribution in [1.82, 2.24) is 24.8 Å². The average molecular weight is 656 g/mol. The minimum Gasteiger partial charge on any atom is -0.475 e. The van der Waals surface area contributed by atoms with Crippen molar-refractivity contribution in [2.24, 2.45) is 5.41 Å². The van der Waals surface area contributed by atoms with Gasteiger partial charge in [-0.05, 0) is 74.4 Å². The van der Waals surface area contributed by atoms with Crippen LogP contribution in [-0.2, 0) is 16.6 Å². The summed E-state index contributed by atoms with van der Waals surface area (Å²) in [5.74, 6) is 1.04. The quantitative estimate of drug-likeness (QED) is 0.284. The second-order valence-corrected chi connectivity index (χ2v) is 15.3. The Labute approximate surface area is 276 Å². The number of rotatable bonds is 5. The molecule has 0 saturated carbocycles. The molecule has 4 heterocycles. The molecule has 4 bridgehead atoms. The minimum atomic E-state index is -4.17. The Kier molecular flexibility index (Phi) is 8.64. The summed E-state index contributed by atoms with van der Waals surface area (Å²) in [6, 6.07) is 15.5. The first kappa shape index (κ1) is 32.4. The van der Waals surface area contributed by atoms with Crippen LogP contribution in [0.2, 0.25) is 0 Å². The zero-order valence-electron chi connectivity index (χ0n) is 27.7. The van der Waals surface area contributed by atoms with Crippen LogP contribution in [-0.4, -0.2) is 64.4 Å². The lowest BCUT2D eigenvalue weighted by atomic mass is 9.87. The highest BCUT2D eigenvalue weighted by Crippen LogP contribution is 2.32. The van der Waals surface area contributed by atoms with E-state index in [1.54, 1.807) is 29.3 Å². The Morgan fingerprint density at radius 1 is 1.00 bits per heavy atom. The van der Waals surface area contributed by atoms with Crippen LogP contribution in [0, 0.1) is 19.3 Å². The van der Waals surface area contributed by atoms with E-state index in [1.165, 1.54) is 12.1 Å². The topological polar surface area (TPSA) is 131 Å². The van der Waals surface area contributed by atoms with Crippen LogP contribution in [0.25, 0.3) is 11.3 Å². The fourth-order valence-corrected chi connectivity index (χ4v) is 7.17. The lowest BCUT2D eigenvalue weighted by Crippen LogP contribution is -2.47. The molecule has 1 fully saturated rings. The molecule has 0 aliphatic carbocycles. The second kappa shape index (κ2) is 12.6. The summed E-state index contributed by atoms with van der Waals surface area (Å²) in [6.45, 7) is 13.6. The van der Waals surface area contributed by atoms with Crippen molar-refractivity contribution in [2.45, 2.75) is 77.9 Å². The number of nitrogens with one attached hydrogen (secondary N) is 1. The van der Waals surface area contributed by atoms with Gasteiger partial charge in [-0.15, -0.1) is 0 Å². The van der Waals surface area contributed by atoms with Crippen molar-refractivity contribution in [2.75, 3.05) is 22.8 Å². The maximum atomic E-state index is 14.4. The standard InChI is InChI=1S/C35H41N7O4S/c1-22-9-7-10-23(2)32(22)28-18-31-39-34(37-28)40-47(44,45)27-12-8-11-25(17-27)33(43)42(26(21-46-31)19-35(4,5)6)20-29-36-15-13-30(38-29)41-16-14-24(41)3/h7-13,15,17-18,24,26H,14,16,19-21H2,1-6H3,(H,37,39,40)/t24-,26-/m1/s1. The molecule has 246 valence electrons. The number of ether oxygens (including phenoxy) is 1. The van der Waals surface area contributed by atoms with Gasteiger partial charge < -0.3 is 14.5 Å². The molecule has 1 amide bonds. The largest absolute Gasteiger partial charge is 0.475 e. The van der Waals surface area contributed by atoms with Gasteiger partial charge in [-0.3, -0.25) is 4.79 Å².